The highest BCUT2D eigenvalue weighted by Crippen LogP contribution is 2.22. The number of benzene rings is 2. The van der Waals surface area contributed by atoms with Crippen LogP contribution in [0, 0.1) is 6.92 Å². The van der Waals surface area contributed by atoms with E-state index in [1.807, 2.05) is 6.07 Å². The van der Waals surface area contributed by atoms with Crippen LogP contribution in [-0.2, 0) is 0 Å². The fraction of sp³-hybridized carbons (Fsp3) is 0.125. The third-order valence-corrected chi connectivity index (χ3v) is 3.13. The first-order valence-electron chi connectivity index (χ1n) is 6.56. The number of phenols is 1. The molecule has 6 heteroatoms. The molecular weight excluding hydrogens is 284 g/mol. The molecule has 0 unspecified atom stereocenters. The van der Waals surface area contributed by atoms with E-state index >= 15 is 0 Å². The molecule has 2 aromatic rings. The van der Waals surface area contributed by atoms with Crippen molar-refractivity contribution in [2.75, 3.05) is 7.11 Å². The number of phenolic OH excluding ortho intramolecular Hbond substituents is 1. The van der Waals surface area contributed by atoms with Crippen molar-refractivity contribution in [3.05, 3.63) is 59.2 Å². The van der Waals surface area contributed by atoms with Crippen LogP contribution in [0.25, 0.3) is 0 Å². The zero-order valence-corrected chi connectivity index (χ0v) is 12.2. The number of aromatic hydroxyl groups is 1. The zero-order chi connectivity index (χ0) is 16.1. The van der Waals surface area contributed by atoms with Gasteiger partial charge in [-0.15, -0.1) is 0 Å². The maximum Gasteiger partial charge on any atom is 0.273 e. The molecule has 6 nitrogen and oxygen atoms in total. The minimum Gasteiger partial charge on any atom is -0.507 e. The van der Waals surface area contributed by atoms with Crippen LogP contribution in [0.5, 0.6) is 11.5 Å². The fourth-order valence-electron chi connectivity index (χ4n) is 1.91. The van der Waals surface area contributed by atoms with Gasteiger partial charge in [0.05, 0.1) is 12.7 Å². The lowest BCUT2D eigenvalue weighted by atomic mass is 10.1. The molecule has 0 radical (unpaired) electrons. The molecule has 22 heavy (non-hydrogen) atoms. The summed E-state index contributed by atoms with van der Waals surface area (Å²) in [7, 11) is 1.46. The number of hydrazine groups is 1. The first kappa shape index (κ1) is 15.4. The number of ether oxygens (including phenoxy) is 1. The van der Waals surface area contributed by atoms with E-state index in [0.717, 1.165) is 5.56 Å². The van der Waals surface area contributed by atoms with Crippen molar-refractivity contribution in [2.24, 2.45) is 0 Å². The highest BCUT2D eigenvalue weighted by Gasteiger charge is 2.14. The van der Waals surface area contributed by atoms with Gasteiger partial charge in [-0.2, -0.15) is 0 Å². The van der Waals surface area contributed by atoms with Gasteiger partial charge >= 0.3 is 0 Å². The van der Waals surface area contributed by atoms with E-state index in [0.29, 0.717) is 11.3 Å². The number of amides is 2. The minimum absolute atomic E-state index is 0.0332. The van der Waals surface area contributed by atoms with Crippen LogP contribution in [0.4, 0.5) is 0 Å². The Morgan fingerprint density at radius 3 is 2.23 bits per heavy atom. The van der Waals surface area contributed by atoms with E-state index < -0.39 is 11.8 Å². The summed E-state index contributed by atoms with van der Waals surface area (Å²) in [6.07, 6.45) is 0. The van der Waals surface area contributed by atoms with Crippen molar-refractivity contribution in [1.82, 2.24) is 10.9 Å². The lowest BCUT2D eigenvalue weighted by molar-refractivity contribution is 0.0844. The van der Waals surface area contributed by atoms with Crippen molar-refractivity contribution in [3.63, 3.8) is 0 Å². The summed E-state index contributed by atoms with van der Waals surface area (Å²) in [4.78, 5) is 23.9. The van der Waals surface area contributed by atoms with Crippen molar-refractivity contribution in [2.45, 2.75) is 6.92 Å². The number of hydrogen-bond donors (Lipinski definition) is 3. The number of hydrogen-bond acceptors (Lipinski definition) is 4. The summed E-state index contributed by atoms with van der Waals surface area (Å²) >= 11 is 0. The molecule has 0 aromatic heterocycles. The average Bonchev–Trinajstić information content (AvgIpc) is 2.52. The molecular formula is C16H16N2O4. The second kappa shape index (κ2) is 6.62. The van der Waals surface area contributed by atoms with E-state index in [-0.39, 0.29) is 11.3 Å². The Labute approximate surface area is 127 Å². The van der Waals surface area contributed by atoms with Crippen LogP contribution in [-0.4, -0.2) is 24.0 Å². The Hall–Kier alpha value is -3.02. The topological polar surface area (TPSA) is 87.7 Å². The monoisotopic (exact) mass is 300 g/mol. The minimum atomic E-state index is -0.623. The van der Waals surface area contributed by atoms with Crippen LogP contribution in [0.2, 0.25) is 0 Å². The Balaban J connectivity index is 2.04. The Morgan fingerprint density at radius 2 is 1.64 bits per heavy atom. The summed E-state index contributed by atoms with van der Waals surface area (Å²) in [5, 5.41) is 9.77. The lowest BCUT2D eigenvalue weighted by Crippen LogP contribution is -2.41. The zero-order valence-electron chi connectivity index (χ0n) is 12.2. The Kier molecular flexibility index (Phi) is 4.63. The lowest BCUT2D eigenvalue weighted by Gasteiger charge is -2.10. The van der Waals surface area contributed by atoms with Gasteiger partial charge in [0.15, 0.2) is 0 Å². The summed E-state index contributed by atoms with van der Waals surface area (Å²) in [5.41, 5.74) is 5.86. The molecule has 0 saturated carbocycles. The van der Waals surface area contributed by atoms with Crippen LogP contribution in [0.15, 0.2) is 42.5 Å². The molecule has 2 rings (SSSR count). The van der Waals surface area contributed by atoms with Gasteiger partial charge in [0.1, 0.15) is 11.5 Å². The van der Waals surface area contributed by atoms with Gasteiger partial charge in [-0.1, -0.05) is 18.2 Å². The quantitative estimate of drug-likeness (QED) is 0.754. The predicted octanol–water partition coefficient (Wildman–Crippen LogP) is 1.78. The van der Waals surface area contributed by atoms with Crippen LogP contribution >= 0.6 is 0 Å². The largest absolute Gasteiger partial charge is 0.507 e. The van der Waals surface area contributed by atoms with E-state index in [2.05, 4.69) is 10.9 Å². The van der Waals surface area contributed by atoms with Gasteiger partial charge in [0.25, 0.3) is 11.8 Å². The van der Waals surface area contributed by atoms with Crippen molar-refractivity contribution in [3.8, 4) is 11.5 Å². The second-order valence-corrected chi connectivity index (χ2v) is 4.61. The highest BCUT2D eigenvalue weighted by atomic mass is 16.5. The number of rotatable bonds is 3. The van der Waals surface area contributed by atoms with Crippen molar-refractivity contribution >= 4 is 11.8 Å². The van der Waals surface area contributed by atoms with Crippen molar-refractivity contribution < 1.29 is 19.4 Å². The van der Waals surface area contributed by atoms with Gasteiger partial charge in [-0.3, -0.25) is 20.4 Å². The molecule has 2 aromatic carbocycles. The molecule has 0 aliphatic heterocycles. The summed E-state index contributed by atoms with van der Waals surface area (Å²) in [6, 6.07) is 11.3. The molecule has 0 aliphatic carbocycles. The van der Waals surface area contributed by atoms with Gasteiger partial charge < -0.3 is 9.84 Å². The maximum atomic E-state index is 12.0. The number of aryl methyl sites for hydroxylation is 1. The third kappa shape index (κ3) is 3.35. The van der Waals surface area contributed by atoms with E-state index in [9.17, 15) is 14.7 Å². The molecule has 0 saturated heterocycles. The van der Waals surface area contributed by atoms with Crippen LogP contribution < -0.4 is 15.6 Å². The molecule has 2 amide bonds. The normalized spacial score (nSPS) is 9.91. The number of carbonyl (C=O) groups is 2. The summed E-state index contributed by atoms with van der Waals surface area (Å²) in [6.45, 7) is 1.80. The van der Waals surface area contributed by atoms with Gasteiger partial charge in [0.2, 0.25) is 0 Å². The molecule has 0 spiro atoms. The predicted molar refractivity (Wildman–Crippen MR) is 80.8 cm³/mol. The summed E-state index contributed by atoms with van der Waals surface area (Å²) in [5.74, 6) is -0.860. The summed E-state index contributed by atoms with van der Waals surface area (Å²) < 4.78 is 4.94. The number of carbonyl (C=O) groups excluding carboxylic acids is 2. The van der Waals surface area contributed by atoms with E-state index in [1.54, 1.807) is 25.1 Å². The van der Waals surface area contributed by atoms with Gasteiger partial charge in [-0.25, -0.2) is 0 Å². The fourth-order valence-corrected chi connectivity index (χ4v) is 1.91. The first-order valence-corrected chi connectivity index (χ1v) is 6.56. The Morgan fingerprint density at radius 1 is 1.00 bits per heavy atom. The first-order chi connectivity index (χ1) is 10.5. The molecule has 114 valence electrons. The third-order valence-electron chi connectivity index (χ3n) is 3.13. The second-order valence-electron chi connectivity index (χ2n) is 4.61. The highest BCUT2D eigenvalue weighted by molar-refractivity contribution is 6.01. The van der Waals surface area contributed by atoms with E-state index in [1.165, 1.54) is 25.3 Å². The molecule has 0 bridgehead atoms. The van der Waals surface area contributed by atoms with Crippen LogP contribution in [0.3, 0.4) is 0 Å². The average molecular weight is 300 g/mol. The van der Waals surface area contributed by atoms with Gasteiger partial charge in [-0.05, 0) is 30.7 Å². The van der Waals surface area contributed by atoms with E-state index in [4.69, 9.17) is 4.74 Å². The standard InChI is InChI=1S/C16H16N2O4/c1-10-5-3-4-6-12(10)15(20)17-18-16(21)13-8-7-11(22-2)9-14(13)19/h3-9,19H,1-2H3,(H,17,20)(H,18,21). The number of methoxy groups -OCH3 is 1. The Bertz CT molecular complexity index is 713. The molecule has 0 heterocycles. The molecule has 0 fully saturated rings. The molecule has 0 aliphatic rings. The maximum absolute atomic E-state index is 12.0. The van der Waals surface area contributed by atoms with Gasteiger partial charge in [0, 0.05) is 11.6 Å². The SMILES string of the molecule is COc1ccc(C(=O)NNC(=O)c2ccccc2C)c(O)c1. The molecule has 0 atom stereocenters. The number of nitrogens with one attached hydrogen (secondary N) is 2. The van der Waals surface area contributed by atoms with Crippen molar-refractivity contribution in [1.29, 1.82) is 0 Å². The smallest absolute Gasteiger partial charge is 0.273 e. The van der Waals surface area contributed by atoms with Crippen LogP contribution in [0.1, 0.15) is 26.3 Å². The molecule has 3 N–H and O–H groups in total.